The van der Waals surface area contributed by atoms with Crippen LogP contribution in [0.1, 0.15) is 39.3 Å². The number of nitrogen functional groups attached to an aromatic ring is 1. The van der Waals surface area contributed by atoms with E-state index in [-0.39, 0.29) is 0 Å². The zero-order chi connectivity index (χ0) is 13.3. The molecule has 5 nitrogen and oxygen atoms in total. The van der Waals surface area contributed by atoms with Crippen molar-refractivity contribution in [3.05, 3.63) is 5.69 Å². The first-order valence-electron chi connectivity index (χ1n) is 6.72. The predicted molar refractivity (Wildman–Crippen MR) is 74.4 cm³/mol. The summed E-state index contributed by atoms with van der Waals surface area (Å²) in [5, 5.41) is 4.55. The average molecular weight is 249 g/mol. The van der Waals surface area contributed by atoms with Gasteiger partial charge in [0.25, 0.3) is 0 Å². The molecule has 2 rings (SSSR count). The Morgan fingerprint density at radius 3 is 2.67 bits per heavy atom. The topological polar surface area (TPSA) is 61.7 Å². The quantitative estimate of drug-likeness (QED) is 0.884. The zero-order valence-electron chi connectivity index (χ0n) is 11.8. The van der Waals surface area contributed by atoms with Crippen molar-refractivity contribution in [2.45, 2.75) is 46.6 Å². The van der Waals surface area contributed by atoms with Crippen molar-refractivity contribution in [3.63, 3.8) is 0 Å². The van der Waals surface area contributed by atoms with Crippen LogP contribution in [0.25, 0.3) is 11.2 Å². The number of anilines is 1. The van der Waals surface area contributed by atoms with Crippen LogP contribution in [-0.2, 0) is 20.0 Å². The Kier molecular flexibility index (Phi) is 3.59. The maximum absolute atomic E-state index is 6.03. The third-order valence-corrected chi connectivity index (χ3v) is 3.24. The molecule has 2 N–H and O–H groups in total. The molecule has 0 saturated carbocycles. The summed E-state index contributed by atoms with van der Waals surface area (Å²) in [5.74, 6) is 1.26. The molecule has 0 aliphatic carbocycles. The number of nitrogens with two attached hydrogens (primary N) is 1. The fourth-order valence-corrected chi connectivity index (χ4v) is 2.27. The molecule has 0 atom stereocenters. The minimum absolute atomic E-state index is 0.607. The molecule has 100 valence electrons. The van der Waals surface area contributed by atoms with E-state index < -0.39 is 0 Å². The summed E-state index contributed by atoms with van der Waals surface area (Å²) in [6.07, 6.45) is 3.13. The highest BCUT2D eigenvalue weighted by Gasteiger charge is 2.17. The van der Waals surface area contributed by atoms with Crippen LogP contribution >= 0.6 is 0 Å². The normalized spacial score (nSPS) is 11.8. The van der Waals surface area contributed by atoms with Gasteiger partial charge in [-0.25, -0.2) is 4.98 Å². The second-order valence-corrected chi connectivity index (χ2v) is 5.30. The van der Waals surface area contributed by atoms with E-state index in [1.807, 2.05) is 11.7 Å². The monoisotopic (exact) mass is 249 g/mol. The molecule has 0 bridgehead atoms. The molecular formula is C13H23N5. The van der Waals surface area contributed by atoms with Gasteiger partial charge in [-0.15, -0.1) is 0 Å². The zero-order valence-corrected chi connectivity index (χ0v) is 11.8. The van der Waals surface area contributed by atoms with E-state index in [4.69, 9.17) is 5.73 Å². The summed E-state index contributed by atoms with van der Waals surface area (Å²) in [4.78, 5) is 4.49. The Morgan fingerprint density at radius 1 is 1.33 bits per heavy atom. The Balaban J connectivity index is 2.43. The summed E-state index contributed by atoms with van der Waals surface area (Å²) in [7, 11) is 1.97. The van der Waals surface area contributed by atoms with Crippen LogP contribution in [0.4, 0.5) is 5.95 Å². The van der Waals surface area contributed by atoms with E-state index in [2.05, 4.69) is 35.4 Å². The Bertz CT molecular complexity index is 535. The predicted octanol–water partition coefficient (Wildman–Crippen LogP) is 2.35. The molecule has 0 unspecified atom stereocenters. The number of hydrogen-bond donors (Lipinski definition) is 1. The largest absolute Gasteiger partial charge is 0.369 e. The lowest BCUT2D eigenvalue weighted by Crippen LogP contribution is -2.08. The summed E-state index contributed by atoms with van der Waals surface area (Å²) in [6.45, 7) is 7.50. The molecule has 0 aliphatic heterocycles. The van der Waals surface area contributed by atoms with Crippen molar-refractivity contribution < 1.29 is 0 Å². The molecule has 0 fully saturated rings. The van der Waals surface area contributed by atoms with Crippen molar-refractivity contribution in [1.29, 1.82) is 0 Å². The molecule has 0 saturated heterocycles. The maximum Gasteiger partial charge on any atom is 0.202 e. The summed E-state index contributed by atoms with van der Waals surface area (Å²) < 4.78 is 3.99. The van der Waals surface area contributed by atoms with Gasteiger partial charge in [-0.05, 0) is 18.8 Å². The van der Waals surface area contributed by atoms with Gasteiger partial charge in [0.05, 0.1) is 5.69 Å². The van der Waals surface area contributed by atoms with E-state index in [1.165, 1.54) is 0 Å². The summed E-state index contributed by atoms with van der Waals surface area (Å²) >= 11 is 0. The summed E-state index contributed by atoms with van der Waals surface area (Å²) in [5.41, 5.74) is 9.11. The maximum atomic E-state index is 6.03. The van der Waals surface area contributed by atoms with E-state index >= 15 is 0 Å². The fraction of sp³-hybridized carbons (Fsp3) is 0.692. The molecule has 18 heavy (non-hydrogen) atoms. The molecule has 0 aromatic carbocycles. The molecule has 0 radical (unpaired) electrons. The number of imidazole rings is 1. The standard InChI is InChI=1S/C13H23N5/c1-5-6-10-11-12(17(4)16-10)18(13(14)15-11)8-7-9(2)3/h9H,5-8H2,1-4H3,(H2,14,15). The summed E-state index contributed by atoms with van der Waals surface area (Å²) in [6, 6.07) is 0. The van der Waals surface area contributed by atoms with Crippen LogP contribution in [0, 0.1) is 5.92 Å². The van der Waals surface area contributed by atoms with E-state index in [0.29, 0.717) is 11.9 Å². The van der Waals surface area contributed by atoms with Gasteiger partial charge in [0.2, 0.25) is 5.95 Å². The van der Waals surface area contributed by atoms with E-state index in [1.54, 1.807) is 0 Å². The third kappa shape index (κ3) is 2.21. The molecule has 0 amide bonds. The Labute approximate surface area is 108 Å². The molecular weight excluding hydrogens is 226 g/mol. The first-order valence-corrected chi connectivity index (χ1v) is 6.72. The number of aryl methyl sites for hydroxylation is 3. The van der Waals surface area contributed by atoms with E-state index in [0.717, 1.165) is 42.7 Å². The second-order valence-electron chi connectivity index (χ2n) is 5.30. The highest BCUT2D eigenvalue weighted by atomic mass is 15.3. The Morgan fingerprint density at radius 2 is 2.06 bits per heavy atom. The van der Waals surface area contributed by atoms with Gasteiger partial charge in [-0.1, -0.05) is 27.2 Å². The highest BCUT2D eigenvalue weighted by molar-refractivity contribution is 5.77. The lowest BCUT2D eigenvalue weighted by Gasteiger charge is -2.08. The van der Waals surface area contributed by atoms with Crippen LogP contribution < -0.4 is 5.73 Å². The second kappa shape index (κ2) is 5.00. The fourth-order valence-electron chi connectivity index (χ4n) is 2.27. The number of rotatable bonds is 5. The molecule has 2 heterocycles. The lowest BCUT2D eigenvalue weighted by atomic mass is 10.1. The van der Waals surface area contributed by atoms with Crippen LogP contribution in [0.5, 0.6) is 0 Å². The number of nitrogens with zero attached hydrogens (tertiary/aromatic N) is 4. The van der Waals surface area contributed by atoms with Gasteiger partial charge in [0, 0.05) is 13.6 Å². The molecule has 0 spiro atoms. The van der Waals surface area contributed by atoms with Crippen LogP contribution in [-0.4, -0.2) is 19.3 Å². The van der Waals surface area contributed by atoms with E-state index in [9.17, 15) is 0 Å². The smallest absolute Gasteiger partial charge is 0.202 e. The van der Waals surface area contributed by atoms with Gasteiger partial charge in [0.1, 0.15) is 5.52 Å². The average Bonchev–Trinajstić information content (AvgIpc) is 2.76. The molecule has 2 aromatic heterocycles. The van der Waals surface area contributed by atoms with Crippen molar-refractivity contribution in [2.24, 2.45) is 13.0 Å². The van der Waals surface area contributed by atoms with Gasteiger partial charge in [-0.3, -0.25) is 9.25 Å². The van der Waals surface area contributed by atoms with Gasteiger partial charge >= 0.3 is 0 Å². The molecule has 5 heteroatoms. The van der Waals surface area contributed by atoms with Crippen molar-refractivity contribution in [3.8, 4) is 0 Å². The van der Waals surface area contributed by atoms with Crippen molar-refractivity contribution >= 4 is 17.1 Å². The van der Waals surface area contributed by atoms with Crippen molar-refractivity contribution in [2.75, 3.05) is 5.73 Å². The number of hydrogen-bond acceptors (Lipinski definition) is 3. The first kappa shape index (κ1) is 12.9. The first-order chi connectivity index (χ1) is 8.54. The molecule has 0 aliphatic rings. The van der Waals surface area contributed by atoms with Gasteiger partial charge < -0.3 is 5.73 Å². The van der Waals surface area contributed by atoms with Crippen LogP contribution in [0.3, 0.4) is 0 Å². The third-order valence-electron chi connectivity index (χ3n) is 3.24. The van der Waals surface area contributed by atoms with Gasteiger partial charge in [-0.2, -0.15) is 5.10 Å². The van der Waals surface area contributed by atoms with Gasteiger partial charge in [0.15, 0.2) is 5.65 Å². The van der Waals surface area contributed by atoms with Crippen LogP contribution in [0.15, 0.2) is 0 Å². The lowest BCUT2D eigenvalue weighted by molar-refractivity contribution is 0.520. The minimum atomic E-state index is 0.607. The van der Waals surface area contributed by atoms with Crippen LogP contribution in [0.2, 0.25) is 0 Å². The number of aromatic nitrogens is 4. The molecule has 2 aromatic rings. The van der Waals surface area contributed by atoms with Crippen molar-refractivity contribution in [1.82, 2.24) is 19.3 Å². The Hall–Kier alpha value is -1.52. The minimum Gasteiger partial charge on any atom is -0.369 e. The SMILES string of the molecule is CCCc1nn(C)c2c1nc(N)n2CCC(C)C. The number of fused-ring (bicyclic) bond motifs is 1. The highest BCUT2D eigenvalue weighted by Crippen LogP contribution is 2.22.